The van der Waals surface area contributed by atoms with Crippen molar-refractivity contribution < 1.29 is 4.74 Å². The SMILES string of the molecule is COc1nc(N)nc(-c2cnnn2C)n1. The maximum atomic E-state index is 5.50. The minimum atomic E-state index is 0.0954. The predicted molar refractivity (Wildman–Crippen MR) is 50.8 cm³/mol. The highest BCUT2D eigenvalue weighted by molar-refractivity contribution is 5.49. The van der Waals surface area contributed by atoms with Crippen LogP contribution in [-0.4, -0.2) is 37.1 Å². The number of hydrogen-bond acceptors (Lipinski definition) is 7. The van der Waals surface area contributed by atoms with Crippen molar-refractivity contribution in [2.24, 2.45) is 7.05 Å². The molecule has 2 aromatic heterocycles. The summed E-state index contributed by atoms with van der Waals surface area (Å²) in [6.45, 7) is 0. The predicted octanol–water partition coefficient (Wildman–Crippen LogP) is -0.742. The molecule has 2 N–H and O–H groups in total. The Morgan fingerprint density at radius 2 is 2.13 bits per heavy atom. The number of rotatable bonds is 2. The summed E-state index contributed by atoms with van der Waals surface area (Å²) in [7, 11) is 3.19. The van der Waals surface area contributed by atoms with Gasteiger partial charge in [-0.3, -0.25) is 0 Å². The van der Waals surface area contributed by atoms with Gasteiger partial charge in [0.25, 0.3) is 0 Å². The second-order valence-corrected chi connectivity index (χ2v) is 2.75. The van der Waals surface area contributed by atoms with E-state index in [9.17, 15) is 0 Å². The first-order chi connectivity index (χ1) is 7.20. The third kappa shape index (κ3) is 1.68. The molecule has 0 spiro atoms. The zero-order valence-electron chi connectivity index (χ0n) is 8.25. The molecular weight excluding hydrogens is 198 g/mol. The second kappa shape index (κ2) is 3.48. The van der Waals surface area contributed by atoms with Crippen molar-refractivity contribution in [2.75, 3.05) is 12.8 Å². The molecule has 0 unspecified atom stereocenters. The Morgan fingerprint density at radius 1 is 1.33 bits per heavy atom. The number of nitrogens with zero attached hydrogens (tertiary/aromatic N) is 6. The summed E-state index contributed by atoms with van der Waals surface area (Å²) in [5.74, 6) is 0.477. The maximum absolute atomic E-state index is 5.50. The third-order valence-corrected chi connectivity index (χ3v) is 1.76. The van der Waals surface area contributed by atoms with Crippen LogP contribution in [0, 0.1) is 0 Å². The van der Waals surface area contributed by atoms with E-state index in [1.54, 1.807) is 7.05 Å². The molecule has 0 aliphatic rings. The molecule has 2 aromatic rings. The first-order valence-electron chi connectivity index (χ1n) is 4.11. The van der Waals surface area contributed by atoms with Gasteiger partial charge in [0.05, 0.1) is 13.3 Å². The standard InChI is InChI=1S/C7H9N7O/c1-14-4(3-9-13-14)5-10-6(8)12-7(11-5)15-2/h3H,1-2H3,(H2,8,10,11,12). The van der Waals surface area contributed by atoms with Gasteiger partial charge in [-0.2, -0.15) is 15.0 Å². The van der Waals surface area contributed by atoms with E-state index in [1.807, 2.05) is 0 Å². The molecule has 0 aromatic carbocycles. The van der Waals surface area contributed by atoms with Crippen molar-refractivity contribution in [1.82, 2.24) is 29.9 Å². The Labute approximate surface area is 85.1 Å². The highest BCUT2D eigenvalue weighted by atomic mass is 16.5. The number of nitrogen functional groups attached to an aromatic ring is 1. The van der Waals surface area contributed by atoms with E-state index >= 15 is 0 Å². The van der Waals surface area contributed by atoms with E-state index in [0.29, 0.717) is 11.5 Å². The lowest BCUT2D eigenvalue weighted by molar-refractivity contribution is 0.379. The van der Waals surface area contributed by atoms with Gasteiger partial charge < -0.3 is 10.5 Å². The van der Waals surface area contributed by atoms with Crippen molar-refractivity contribution >= 4 is 5.95 Å². The Kier molecular flexibility index (Phi) is 2.16. The molecule has 2 heterocycles. The van der Waals surface area contributed by atoms with Gasteiger partial charge in [0, 0.05) is 7.05 Å². The first-order valence-corrected chi connectivity index (χ1v) is 4.11. The number of hydrogen-bond donors (Lipinski definition) is 1. The van der Waals surface area contributed by atoms with Gasteiger partial charge >= 0.3 is 6.01 Å². The Bertz CT molecular complexity index is 480. The van der Waals surface area contributed by atoms with E-state index in [4.69, 9.17) is 10.5 Å². The highest BCUT2D eigenvalue weighted by Gasteiger charge is 2.10. The van der Waals surface area contributed by atoms with Crippen LogP contribution in [0.2, 0.25) is 0 Å². The summed E-state index contributed by atoms with van der Waals surface area (Å²) in [5, 5.41) is 7.48. The minimum Gasteiger partial charge on any atom is -0.467 e. The maximum Gasteiger partial charge on any atom is 0.321 e. The number of nitrogens with two attached hydrogens (primary N) is 1. The molecule has 8 heteroatoms. The summed E-state index contributed by atoms with van der Waals surface area (Å²) < 4.78 is 6.42. The van der Waals surface area contributed by atoms with E-state index in [0.717, 1.165) is 0 Å². The fourth-order valence-electron chi connectivity index (χ4n) is 1.07. The second-order valence-electron chi connectivity index (χ2n) is 2.75. The molecule has 2 rings (SSSR count). The van der Waals surface area contributed by atoms with Crippen LogP contribution in [-0.2, 0) is 7.05 Å². The average Bonchev–Trinajstić information content (AvgIpc) is 2.63. The number of aromatic nitrogens is 6. The quantitative estimate of drug-likeness (QED) is 0.691. The average molecular weight is 207 g/mol. The van der Waals surface area contributed by atoms with Crippen molar-refractivity contribution in [2.45, 2.75) is 0 Å². The van der Waals surface area contributed by atoms with Crippen LogP contribution >= 0.6 is 0 Å². The van der Waals surface area contributed by atoms with Crippen LogP contribution in [0.5, 0.6) is 6.01 Å². The third-order valence-electron chi connectivity index (χ3n) is 1.76. The molecule has 0 aliphatic carbocycles. The van der Waals surface area contributed by atoms with Crippen molar-refractivity contribution in [3.63, 3.8) is 0 Å². The molecule has 0 atom stereocenters. The molecule has 8 nitrogen and oxygen atoms in total. The molecule has 78 valence electrons. The Morgan fingerprint density at radius 3 is 2.73 bits per heavy atom. The first kappa shape index (κ1) is 9.31. The van der Waals surface area contributed by atoms with Crippen LogP contribution in [0.25, 0.3) is 11.5 Å². The molecule has 0 amide bonds. The zero-order valence-corrected chi connectivity index (χ0v) is 8.25. The smallest absolute Gasteiger partial charge is 0.321 e. The van der Waals surface area contributed by atoms with Gasteiger partial charge in [-0.15, -0.1) is 5.10 Å². The van der Waals surface area contributed by atoms with Crippen LogP contribution < -0.4 is 10.5 Å². The van der Waals surface area contributed by atoms with Gasteiger partial charge in [0.2, 0.25) is 5.95 Å². The lowest BCUT2D eigenvalue weighted by atomic mass is 10.4. The zero-order chi connectivity index (χ0) is 10.8. The normalized spacial score (nSPS) is 10.3. The summed E-state index contributed by atoms with van der Waals surface area (Å²) in [6, 6.07) is 0.165. The Hall–Kier alpha value is -2.25. The van der Waals surface area contributed by atoms with Crippen LogP contribution in [0.4, 0.5) is 5.95 Å². The molecule has 0 aliphatic heterocycles. The van der Waals surface area contributed by atoms with Crippen molar-refractivity contribution in [3.05, 3.63) is 6.20 Å². The summed E-state index contributed by atoms with van der Waals surface area (Å²) >= 11 is 0. The van der Waals surface area contributed by atoms with Gasteiger partial charge in [0.15, 0.2) is 5.82 Å². The molecule has 0 bridgehead atoms. The van der Waals surface area contributed by atoms with Crippen molar-refractivity contribution in [1.29, 1.82) is 0 Å². The van der Waals surface area contributed by atoms with Gasteiger partial charge in [0.1, 0.15) is 5.69 Å². The van der Waals surface area contributed by atoms with Gasteiger partial charge in [-0.1, -0.05) is 5.21 Å². The van der Waals surface area contributed by atoms with Crippen LogP contribution in [0.15, 0.2) is 6.20 Å². The van der Waals surface area contributed by atoms with Crippen molar-refractivity contribution in [3.8, 4) is 17.5 Å². The lowest BCUT2D eigenvalue weighted by Crippen LogP contribution is -2.04. The number of anilines is 1. The summed E-state index contributed by atoms with van der Waals surface area (Å²) in [4.78, 5) is 11.8. The molecule has 0 saturated heterocycles. The fraction of sp³-hybridized carbons (Fsp3) is 0.286. The van der Waals surface area contributed by atoms with Crippen LogP contribution in [0.1, 0.15) is 0 Å². The number of ether oxygens (including phenoxy) is 1. The highest BCUT2D eigenvalue weighted by Crippen LogP contribution is 2.15. The Balaban J connectivity index is 2.53. The van der Waals surface area contributed by atoms with E-state index in [-0.39, 0.29) is 12.0 Å². The van der Waals surface area contributed by atoms with E-state index in [2.05, 4.69) is 25.3 Å². The topological polar surface area (TPSA) is 105 Å². The van der Waals surface area contributed by atoms with Gasteiger partial charge in [-0.25, -0.2) is 4.68 Å². The van der Waals surface area contributed by atoms with E-state index in [1.165, 1.54) is 18.0 Å². The molecule has 15 heavy (non-hydrogen) atoms. The largest absolute Gasteiger partial charge is 0.467 e. The van der Waals surface area contributed by atoms with Crippen LogP contribution in [0.3, 0.4) is 0 Å². The molecule has 0 fully saturated rings. The molecule has 0 radical (unpaired) electrons. The van der Waals surface area contributed by atoms with Gasteiger partial charge in [-0.05, 0) is 0 Å². The molecule has 0 saturated carbocycles. The molecular formula is C7H9N7O. The van der Waals surface area contributed by atoms with E-state index < -0.39 is 0 Å². The number of aryl methyl sites for hydroxylation is 1. The summed E-state index contributed by atoms with van der Waals surface area (Å²) in [5.41, 5.74) is 6.14. The minimum absolute atomic E-state index is 0.0954. The summed E-state index contributed by atoms with van der Waals surface area (Å²) in [6.07, 6.45) is 1.54. The number of methoxy groups -OCH3 is 1. The fourth-order valence-corrected chi connectivity index (χ4v) is 1.07. The monoisotopic (exact) mass is 207 g/mol. The lowest BCUT2D eigenvalue weighted by Gasteiger charge is -2.02.